The normalized spacial score (nSPS) is 18.1. The molecule has 1 aliphatic rings. The van der Waals surface area contributed by atoms with Gasteiger partial charge in [0.15, 0.2) is 5.54 Å². The van der Waals surface area contributed by atoms with Gasteiger partial charge >= 0.3 is 5.97 Å². The van der Waals surface area contributed by atoms with Crippen LogP contribution in [0.5, 0.6) is 0 Å². The summed E-state index contributed by atoms with van der Waals surface area (Å²) in [4.78, 5) is 39.3. The number of fused-ring (bicyclic) bond motifs is 1. The monoisotopic (exact) mass is 366 g/mol. The van der Waals surface area contributed by atoms with E-state index in [1.54, 1.807) is 24.0 Å². The van der Waals surface area contributed by atoms with Gasteiger partial charge in [0.1, 0.15) is 0 Å². The molecule has 1 unspecified atom stereocenters. The summed E-state index contributed by atoms with van der Waals surface area (Å²) in [5.41, 5.74) is 0.790. The number of hydrogen-bond donors (Lipinski definition) is 1. The van der Waals surface area contributed by atoms with Gasteiger partial charge < -0.3 is 15.0 Å². The molecule has 27 heavy (non-hydrogen) atoms. The maximum atomic E-state index is 13.5. The van der Waals surface area contributed by atoms with Crippen molar-refractivity contribution in [1.82, 2.24) is 5.32 Å². The van der Waals surface area contributed by atoms with Crippen LogP contribution < -0.4 is 10.2 Å². The topological polar surface area (TPSA) is 75.7 Å². The number of para-hydroxylation sites is 1. The highest BCUT2D eigenvalue weighted by atomic mass is 16.5. The number of ether oxygens (including phenoxy) is 1. The first kappa shape index (κ1) is 18.6. The molecule has 0 bridgehead atoms. The Morgan fingerprint density at radius 1 is 1.07 bits per heavy atom. The van der Waals surface area contributed by atoms with E-state index in [1.165, 1.54) is 6.92 Å². The Balaban J connectivity index is 2.06. The number of nitrogens with one attached hydrogen (secondary N) is 1. The maximum absolute atomic E-state index is 13.5. The summed E-state index contributed by atoms with van der Waals surface area (Å²) in [6.07, 6.45) is -0.248. The van der Waals surface area contributed by atoms with Crippen molar-refractivity contribution in [1.29, 1.82) is 0 Å². The number of esters is 1. The molecule has 1 aliphatic heterocycles. The first-order valence-electron chi connectivity index (χ1n) is 8.87. The SMILES string of the molecule is CCOC(=O)CC1(NC(C)=O)C(=O)N(Cc2ccccc2)c2ccccc21. The minimum atomic E-state index is -1.45. The molecule has 2 aromatic carbocycles. The van der Waals surface area contributed by atoms with Gasteiger partial charge in [0.05, 0.1) is 25.3 Å². The summed E-state index contributed by atoms with van der Waals surface area (Å²) >= 11 is 0. The molecule has 3 rings (SSSR count). The minimum absolute atomic E-state index is 0.207. The van der Waals surface area contributed by atoms with Gasteiger partial charge in [-0.3, -0.25) is 14.4 Å². The summed E-state index contributed by atoms with van der Waals surface area (Å²) in [5.74, 6) is -1.25. The van der Waals surface area contributed by atoms with Gasteiger partial charge in [-0.25, -0.2) is 0 Å². The highest BCUT2D eigenvalue weighted by Gasteiger charge is 2.53. The predicted octanol–water partition coefficient (Wildman–Crippen LogP) is 2.52. The Hall–Kier alpha value is -3.15. The third-order valence-corrected chi connectivity index (χ3v) is 4.55. The molecule has 0 saturated carbocycles. The average Bonchev–Trinajstić information content (AvgIpc) is 2.85. The predicted molar refractivity (Wildman–Crippen MR) is 101 cm³/mol. The molecule has 0 aliphatic carbocycles. The van der Waals surface area contributed by atoms with E-state index in [2.05, 4.69) is 5.32 Å². The van der Waals surface area contributed by atoms with Crippen LogP contribution in [-0.2, 0) is 31.2 Å². The fraction of sp³-hybridized carbons (Fsp3) is 0.286. The molecule has 0 fully saturated rings. The molecular formula is C21H22N2O4. The van der Waals surface area contributed by atoms with Crippen molar-refractivity contribution in [2.75, 3.05) is 11.5 Å². The van der Waals surface area contributed by atoms with Gasteiger partial charge in [0, 0.05) is 12.5 Å². The van der Waals surface area contributed by atoms with E-state index in [0.29, 0.717) is 17.8 Å². The Bertz CT molecular complexity index is 865. The maximum Gasteiger partial charge on any atom is 0.309 e. The summed E-state index contributed by atoms with van der Waals surface area (Å²) in [6, 6.07) is 16.8. The van der Waals surface area contributed by atoms with E-state index in [4.69, 9.17) is 4.74 Å². The Morgan fingerprint density at radius 2 is 1.74 bits per heavy atom. The van der Waals surface area contributed by atoms with E-state index >= 15 is 0 Å². The molecule has 0 saturated heterocycles. The van der Waals surface area contributed by atoms with Gasteiger partial charge in [0.25, 0.3) is 5.91 Å². The Kier molecular flexibility index (Phi) is 5.26. The highest BCUT2D eigenvalue weighted by Crippen LogP contribution is 2.43. The van der Waals surface area contributed by atoms with Crippen LogP contribution in [0.2, 0.25) is 0 Å². The zero-order chi connectivity index (χ0) is 19.4. The summed E-state index contributed by atoms with van der Waals surface area (Å²) in [7, 11) is 0. The number of benzene rings is 2. The fourth-order valence-electron chi connectivity index (χ4n) is 3.51. The van der Waals surface area contributed by atoms with Crippen molar-refractivity contribution in [2.45, 2.75) is 32.4 Å². The Morgan fingerprint density at radius 3 is 2.41 bits per heavy atom. The molecule has 0 radical (unpaired) electrons. The molecule has 0 spiro atoms. The second-order valence-electron chi connectivity index (χ2n) is 6.46. The third kappa shape index (κ3) is 3.56. The molecule has 2 aromatic rings. The van der Waals surface area contributed by atoms with E-state index in [-0.39, 0.29) is 24.8 Å². The lowest BCUT2D eigenvalue weighted by atomic mass is 9.87. The van der Waals surface area contributed by atoms with Crippen LogP contribution >= 0.6 is 0 Å². The lowest BCUT2D eigenvalue weighted by Gasteiger charge is -2.28. The van der Waals surface area contributed by atoms with Crippen molar-refractivity contribution in [3.63, 3.8) is 0 Å². The molecule has 1 heterocycles. The molecule has 1 N–H and O–H groups in total. The summed E-state index contributed by atoms with van der Waals surface area (Å²) < 4.78 is 5.07. The van der Waals surface area contributed by atoms with E-state index < -0.39 is 11.5 Å². The molecule has 6 nitrogen and oxygen atoms in total. The number of hydrogen-bond acceptors (Lipinski definition) is 4. The van der Waals surface area contributed by atoms with Gasteiger partial charge in [0.2, 0.25) is 5.91 Å². The fourth-order valence-corrected chi connectivity index (χ4v) is 3.51. The second-order valence-corrected chi connectivity index (χ2v) is 6.46. The molecular weight excluding hydrogens is 344 g/mol. The van der Waals surface area contributed by atoms with Gasteiger partial charge in [-0.05, 0) is 18.6 Å². The van der Waals surface area contributed by atoms with Crippen LogP contribution in [0.25, 0.3) is 0 Å². The molecule has 1 atom stereocenters. The first-order chi connectivity index (χ1) is 13.0. The summed E-state index contributed by atoms with van der Waals surface area (Å²) in [5, 5.41) is 2.74. The standard InChI is InChI=1S/C21H22N2O4/c1-3-27-19(25)13-21(22-15(2)24)17-11-7-8-12-18(17)23(20(21)26)14-16-9-5-4-6-10-16/h4-12H,3,13-14H2,1-2H3,(H,22,24). The molecule has 140 valence electrons. The lowest BCUT2D eigenvalue weighted by molar-refractivity contribution is -0.148. The largest absolute Gasteiger partial charge is 0.466 e. The zero-order valence-electron chi connectivity index (χ0n) is 15.4. The summed E-state index contributed by atoms with van der Waals surface area (Å²) in [6.45, 7) is 3.59. The number of anilines is 1. The van der Waals surface area contributed by atoms with Gasteiger partial charge in [-0.2, -0.15) is 0 Å². The van der Waals surface area contributed by atoms with Crippen molar-refractivity contribution >= 4 is 23.5 Å². The van der Waals surface area contributed by atoms with Crippen LogP contribution in [0.15, 0.2) is 54.6 Å². The number of rotatable bonds is 6. The van der Waals surface area contributed by atoms with E-state index in [1.807, 2.05) is 42.5 Å². The smallest absolute Gasteiger partial charge is 0.309 e. The van der Waals surface area contributed by atoms with Gasteiger partial charge in [-0.15, -0.1) is 0 Å². The van der Waals surface area contributed by atoms with Gasteiger partial charge in [-0.1, -0.05) is 48.5 Å². The quantitative estimate of drug-likeness (QED) is 0.797. The second kappa shape index (κ2) is 7.61. The van der Waals surface area contributed by atoms with Crippen LogP contribution in [0.3, 0.4) is 0 Å². The van der Waals surface area contributed by atoms with Crippen molar-refractivity contribution in [3.8, 4) is 0 Å². The number of carbonyl (C=O) groups excluding carboxylic acids is 3. The third-order valence-electron chi connectivity index (χ3n) is 4.55. The first-order valence-corrected chi connectivity index (χ1v) is 8.87. The number of amides is 2. The van der Waals surface area contributed by atoms with E-state index in [9.17, 15) is 14.4 Å². The zero-order valence-corrected chi connectivity index (χ0v) is 15.4. The van der Waals surface area contributed by atoms with Crippen LogP contribution in [0.1, 0.15) is 31.4 Å². The minimum Gasteiger partial charge on any atom is -0.466 e. The molecule has 0 aromatic heterocycles. The molecule has 2 amide bonds. The van der Waals surface area contributed by atoms with Crippen molar-refractivity contribution < 1.29 is 19.1 Å². The van der Waals surface area contributed by atoms with Crippen LogP contribution in [0.4, 0.5) is 5.69 Å². The highest BCUT2D eigenvalue weighted by molar-refractivity contribution is 6.10. The Labute approximate surface area is 158 Å². The van der Waals surface area contributed by atoms with Crippen molar-refractivity contribution in [3.05, 3.63) is 65.7 Å². The van der Waals surface area contributed by atoms with Crippen LogP contribution in [0, 0.1) is 0 Å². The van der Waals surface area contributed by atoms with E-state index in [0.717, 1.165) is 5.56 Å². The van der Waals surface area contributed by atoms with Crippen LogP contribution in [-0.4, -0.2) is 24.4 Å². The average molecular weight is 366 g/mol. The number of nitrogens with zero attached hydrogens (tertiary/aromatic N) is 1. The van der Waals surface area contributed by atoms with Crippen molar-refractivity contribution in [2.24, 2.45) is 0 Å². The molecule has 6 heteroatoms. The number of carbonyl (C=O) groups is 3. The lowest BCUT2D eigenvalue weighted by Crippen LogP contribution is -2.53.